The van der Waals surface area contributed by atoms with Crippen LogP contribution in [0.3, 0.4) is 0 Å². The lowest BCUT2D eigenvalue weighted by atomic mass is 9.83. The van der Waals surface area contributed by atoms with Crippen LogP contribution in [-0.2, 0) is 67.3 Å². The number of esters is 5. The minimum absolute atomic E-state index is 0.0494. The number of aromatic nitrogens is 9. The summed E-state index contributed by atoms with van der Waals surface area (Å²) < 4.78 is 29.6. The molecule has 5 unspecified atom stereocenters. The van der Waals surface area contributed by atoms with Crippen molar-refractivity contribution >= 4 is 29.8 Å². The number of methoxy groups -OCH3 is 4. The highest BCUT2D eigenvalue weighted by molar-refractivity contribution is 5.78. The summed E-state index contributed by atoms with van der Waals surface area (Å²) in [6.07, 6.45) is 5.71. The second-order valence-corrected chi connectivity index (χ2v) is 15.3. The highest BCUT2D eigenvalue weighted by Gasteiger charge is 2.35. The van der Waals surface area contributed by atoms with E-state index < -0.39 is 65.2 Å². The van der Waals surface area contributed by atoms with E-state index in [4.69, 9.17) is 23.7 Å². The molecule has 0 amide bonds. The maximum absolute atomic E-state index is 13.2. The van der Waals surface area contributed by atoms with E-state index in [0.29, 0.717) is 29.9 Å². The molecule has 332 valence electrons. The van der Waals surface area contributed by atoms with E-state index in [9.17, 15) is 29.1 Å². The number of rotatable bonds is 24. The molecule has 61 heavy (non-hydrogen) atoms. The fourth-order valence-electron chi connectivity index (χ4n) is 6.66. The van der Waals surface area contributed by atoms with E-state index in [1.54, 1.807) is 51.0 Å². The molecule has 1 aromatic carbocycles. The summed E-state index contributed by atoms with van der Waals surface area (Å²) in [6, 6.07) is 7.23. The Morgan fingerprint density at radius 1 is 0.672 bits per heavy atom. The predicted molar refractivity (Wildman–Crippen MR) is 212 cm³/mol. The molecular weight excluding hydrogens is 796 g/mol. The fourth-order valence-corrected chi connectivity index (χ4v) is 6.66. The third-order valence-corrected chi connectivity index (χ3v) is 10.1. The van der Waals surface area contributed by atoms with Crippen molar-refractivity contribution in [1.82, 2.24) is 49.9 Å². The Morgan fingerprint density at radius 2 is 1.10 bits per heavy atom. The minimum Gasteiger partial charge on any atom is -0.469 e. The number of nitrogens with zero attached hydrogens (tertiary/aromatic N) is 10. The normalized spacial score (nSPS) is 14.1. The van der Waals surface area contributed by atoms with Crippen molar-refractivity contribution in [2.45, 2.75) is 91.1 Å². The van der Waals surface area contributed by atoms with Gasteiger partial charge in [-0.1, -0.05) is 59.8 Å². The van der Waals surface area contributed by atoms with Gasteiger partial charge >= 0.3 is 29.8 Å². The number of ether oxygens (including phenoxy) is 5. The van der Waals surface area contributed by atoms with E-state index in [2.05, 4.69) is 30.9 Å². The van der Waals surface area contributed by atoms with Crippen molar-refractivity contribution in [2.75, 3.05) is 41.7 Å². The Balaban J connectivity index is 1.67. The van der Waals surface area contributed by atoms with Crippen molar-refractivity contribution in [2.24, 2.45) is 17.3 Å². The SMILES string of the molecule is COC(=O)C(C)CC(C(=O)OC)n1cc(CN(Cc2cn(C(CC(C)C(=O)OC)C(=O)OC)nn2)Cc2cn(C(CC(C)(C)C(=O)OCCCO)c3ccccc3)nn2)nn1. The molecule has 0 radical (unpaired) electrons. The third kappa shape index (κ3) is 13.2. The molecule has 3 aromatic heterocycles. The van der Waals surface area contributed by atoms with E-state index in [1.807, 2.05) is 35.2 Å². The van der Waals surface area contributed by atoms with Gasteiger partial charge in [-0.05, 0) is 38.7 Å². The Hall–Kier alpha value is -6.09. The molecular formula is C40H56N10O11. The fraction of sp³-hybridized carbons (Fsp3) is 0.575. The van der Waals surface area contributed by atoms with Crippen LogP contribution in [0.1, 0.15) is 94.1 Å². The predicted octanol–water partition coefficient (Wildman–Crippen LogP) is 2.42. The first-order chi connectivity index (χ1) is 29.1. The summed E-state index contributed by atoms with van der Waals surface area (Å²) in [5.41, 5.74) is 1.40. The smallest absolute Gasteiger partial charge is 0.330 e. The van der Waals surface area contributed by atoms with Gasteiger partial charge in [0.05, 0.1) is 94.0 Å². The Kier molecular flexibility index (Phi) is 17.5. The zero-order valence-electron chi connectivity index (χ0n) is 35.9. The van der Waals surface area contributed by atoms with E-state index in [1.165, 1.54) is 37.8 Å². The number of benzene rings is 1. The van der Waals surface area contributed by atoms with Gasteiger partial charge in [0.2, 0.25) is 0 Å². The minimum atomic E-state index is -0.970. The number of carbonyl (C=O) groups is 5. The van der Waals surface area contributed by atoms with Crippen LogP contribution in [-0.4, -0.2) is 126 Å². The van der Waals surface area contributed by atoms with E-state index in [-0.39, 0.29) is 45.7 Å². The van der Waals surface area contributed by atoms with Crippen LogP contribution < -0.4 is 0 Å². The summed E-state index contributed by atoms with van der Waals surface area (Å²) in [5.74, 6) is -3.91. The van der Waals surface area contributed by atoms with Gasteiger partial charge in [-0.3, -0.25) is 19.3 Å². The molecule has 3 heterocycles. The Bertz CT molecular complexity index is 1970. The van der Waals surface area contributed by atoms with Gasteiger partial charge in [0.25, 0.3) is 0 Å². The quantitative estimate of drug-likeness (QED) is 0.0604. The Labute approximate surface area is 353 Å². The van der Waals surface area contributed by atoms with Crippen LogP contribution in [0.15, 0.2) is 48.9 Å². The molecule has 0 bridgehead atoms. The number of carbonyl (C=O) groups excluding carboxylic acids is 5. The highest BCUT2D eigenvalue weighted by atomic mass is 16.5. The summed E-state index contributed by atoms with van der Waals surface area (Å²) in [6.45, 7) is 7.36. The zero-order valence-corrected chi connectivity index (χ0v) is 35.9. The van der Waals surface area contributed by atoms with Gasteiger partial charge < -0.3 is 28.8 Å². The van der Waals surface area contributed by atoms with E-state index in [0.717, 1.165) is 5.56 Å². The van der Waals surface area contributed by atoms with Crippen LogP contribution in [0.25, 0.3) is 0 Å². The van der Waals surface area contributed by atoms with Crippen LogP contribution in [0.4, 0.5) is 0 Å². The van der Waals surface area contributed by atoms with E-state index >= 15 is 0 Å². The van der Waals surface area contributed by atoms with Crippen molar-refractivity contribution < 1.29 is 52.8 Å². The number of aliphatic hydroxyl groups excluding tert-OH is 1. The maximum Gasteiger partial charge on any atom is 0.330 e. The van der Waals surface area contributed by atoms with Gasteiger partial charge in [-0.2, -0.15) is 0 Å². The lowest BCUT2D eigenvalue weighted by Crippen LogP contribution is -2.31. The van der Waals surface area contributed by atoms with Crippen LogP contribution in [0.2, 0.25) is 0 Å². The number of aliphatic hydroxyl groups is 1. The van der Waals surface area contributed by atoms with Gasteiger partial charge in [0, 0.05) is 32.7 Å². The molecule has 0 saturated heterocycles. The Morgan fingerprint density at radius 3 is 1.52 bits per heavy atom. The van der Waals surface area contributed by atoms with Gasteiger partial charge in [0.15, 0.2) is 12.1 Å². The first-order valence-corrected chi connectivity index (χ1v) is 19.7. The van der Waals surface area contributed by atoms with Crippen molar-refractivity contribution in [3.05, 3.63) is 71.6 Å². The second-order valence-electron chi connectivity index (χ2n) is 15.3. The average molecular weight is 853 g/mol. The molecule has 0 spiro atoms. The molecule has 21 heteroatoms. The van der Waals surface area contributed by atoms with Gasteiger partial charge in [0.1, 0.15) is 0 Å². The number of hydrogen-bond acceptors (Lipinski definition) is 18. The van der Waals surface area contributed by atoms with Crippen molar-refractivity contribution in [3.63, 3.8) is 0 Å². The lowest BCUT2D eigenvalue weighted by molar-refractivity contribution is -0.155. The molecule has 4 rings (SSSR count). The second kappa shape index (κ2) is 22.5. The summed E-state index contributed by atoms with van der Waals surface area (Å²) >= 11 is 0. The topological polar surface area (TPSA) is 247 Å². The molecule has 0 aliphatic rings. The summed E-state index contributed by atoms with van der Waals surface area (Å²) in [5, 5.41) is 35.3. The first kappa shape index (κ1) is 47.6. The molecule has 4 aromatic rings. The molecule has 1 N–H and O–H groups in total. The zero-order chi connectivity index (χ0) is 44.7. The standard InChI is InChI=1S/C40H56N10O11/c1-26(35(52)57-5)17-32(37(54)59-7)48-23-29(41-44-48)20-47(21-30-24-49(45-42-30)33(38(55)60-8)18-27(2)36(53)58-6)22-31-25-50(46-43-31)34(28-13-10-9-11-14-28)19-40(3,4)39(56)61-16-12-15-51/h9-11,13-14,23-27,32-34,51H,12,15-22H2,1-8H3. The molecule has 0 fully saturated rings. The van der Waals surface area contributed by atoms with Crippen LogP contribution in [0, 0.1) is 17.3 Å². The average Bonchev–Trinajstić information content (AvgIpc) is 4.05. The molecule has 0 saturated carbocycles. The summed E-state index contributed by atoms with van der Waals surface area (Å²) in [4.78, 5) is 65.3. The number of hydrogen-bond donors (Lipinski definition) is 1. The van der Waals surface area contributed by atoms with Crippen LogP contribution in [0.5, 0.6) is 0 Å². The molecule has 21 nitrogen and oxygen atoms in total. The molecule has 0 aliphatic carbocycles. The third-order valence-electron chi connectivity index (χ3n) is 10.1. The first-order valence-electron chi connectivity index (χ1n) is 19.7. The van der Waals surface area contributed by atoms with Gasteiger partial charge in [-0.15, -0.1) is 15.3 Å². The van der Waals surface area contributed by atoms with Crippen molar-refractivity contribution in [1.29, 1.82) is 0 Å². The van der Waals surface area contributed by atoms with Gasteiger partial charge in [-0.25, -0.2) is 23.6 Å². The molecule has 0 aliphatic heterocycles. The molecule has 5 atom stereocenters. The monoisotopic (exact) mass is 852 g/mol. The highest BCUT2D eigenvalue weighted by Crippen LogP contribution is 2.34. The largest absolute Gasteiger partial charge is 0.469 e. The van der Waals surface area contributed by atoms with Crippen LogP contribution >= 0.6 is 0 Å². The maximum atomic E-state index is 13.2. The summed E-state index contributed by atoms with van der Waals surface area (Å²) in [7, 11) is 5.02. The lowest BCUT2D eigenvalue weighted by Gasteiger charge is -2.28. The van der Waals surface area contributed by atoms with Crippen molar-refractivity contribution in [3.8, 4) is 0 Å².